The summed E-state index contributed by atoms with van der Waals surface area (Å²) in [6.07, 6.45) is 0.887. The fourth-order valence-electron chi connectivity index (χ4n) is 2.59. The Hall–Kier alpha value is -1.88. The molecule has 1 heterocycles. The Labute approximate surface area is 132 Å². The second-order valence-corrected chi connectivity index (χ2v) is 5.59. The predicted molar refractivity (Wildman–Crippen MR) is 87.8 cm³/mol. The van der Waals surface area contributed by atoms with Gasteiger partial charge in [-0.15, -0.1) is 0 Å². The largest absolute Gasteiger partial charge is 0.340 e. The molecule has 120 valence electrons. The number of likely N-dealkylation sites (N-methyl/N-ethyl adjacent to an activating group) is 1. The van der Waals surface area contributed by atoms with Crippen molar-refractivity contribution in [3.8, 4) is 0 Å². The van der Waals surface area contributed by atoms with E-state index in [1.54, 1.807) is 4.90 Å². The van der Waals surface area contributed by atoms with Crippen LogP contribution < -0.4 is 5.32 Å². The van der Waals surface area contributed by atoms with Gasteiger partial charge in [-0.05, 0) is 30.7 Å². The van der Waals surface area contributed by atoms with Gasteiger partial charge in [0.05, 0.1) is 0 Å². The molecular formula is C17H25N3O2. The Kier molecular flexibility index (Phi) is 5.95. The SMILES string of the molecule is CCc1ccc(NC(=O)CC(=O)N2CCN(CC)CC2)cc1. The Bertz CT molecular complexity index is 505. The van der Waals surface area contributed by atoms with Crippen LogP contribution in [0.15, 0.2) is 24.3 Å². The molecule has 1 aromatic rings. The molecule has 22 heavy (non-hydrogen) atoms. The summed E-state index contributed by atoms with van der Waals surface area (Å²) in [6, 6.07) is 7.73. The van der Waals surface area contributed by atoms with E-state index in [1.165, 1.54) is 5.56 Å². The molecule has 2 rings (SSSR count). The number of aryl methyl sites for hydroxylation is 1. The average molecular weight is 303 g/mol. The molecule has 0 radical (unpaired) electrons. The Morgan fingerprint density at radius 3 is 2.23 bits per heavy atom. The number of anilines is 1. The van der Waals surface area contributed by atoms with Crippen LogP contribution >= 0.6 is 0 Å². The maximum absolute atomic E-state index is 12.1. The van der Waals surface area contributed by atoms with Gasteiger partial charge in [0, 0.05) is 31.9 Å². The molecule has 0 spiro atoms. The van der Waals surface area contributed by atoms with Gasteiger partial charge in [-0.2, -0.15) is 0 Å². The minimum absolute atomic E-state index is 0.0817. The number of hydrogen-bond donors (Lipinski definition) is 1. The summed E-state index contributed by atoms with van der Waals surface area (Å²) in [4.78, 5) is 28.2. The lowest BCUT2D eigenvalue weighted by Crippen LogP contribution is -2.49. The van der Waals surface area contributed by atoms with Crippen LogP contribution in [-0.4, -0.2) is 54.3 Å². The van der Waals surface area contributed by atoms with Crippen LogP contribution in [0.5, 0.6) is 0 Å². The van der Waals surface area contributed by atoms with Gasteiger partial charge in [-0.3, -0.25) is 9.59 Å². The highest BCUT2D eigenvalue weighted by molar-refractivity contribution is 6.03. The Balaban J connectivity index is 1.79. The molecule has 0 bridgehead atoms. The van der Waals surface area contributed by atoms with Crippen molar-refractivity contribution in [2.24, 2.45) is 0 Å². The third kappa shape index (κ3) is 4.56. The molecular weight excluding hydrogens is 278 g/mol. The number of amides is 2. The van der Waals surface area contributed by atoms with Gasteiger partial charge in [-0.25, -0.2) is 0 Å². The first-order valence-corrected chi connectivity index (χ1v) is 8.01. The standard InChI is InChI=1S/C17H25N3O2/c1-3-14-5-7-15(8-6-14)18-16(21)13-17(22)20-11-9-19(4-2)10-12-20/h5-8H,3-4,9-13H2,1-2H3,(H,18,21). The maximum atomic E-state index is 12.1. The highest BCUT2D eigenvalue weighted by Crippen LogP contribution is 2.11. The second-order valence-electron chi connectivity index (χ2n) is 5.59. The number of piperazine rings is 1. The molecule has 1 N–H and O–H groups in total. The smallest absolute Gasteiger partial charge is 0.233 e. The molecule has 1 fully saturated rings. The summed E-state index contributed by atoms with van der Waals surface area (Å²) in [5.74, 6) is -0.328. The van der Waals surface area contributed by atoms with Gasteiger partial charge in [0.1, 0.15) is 6.42 Å². The van der Waals surface area contributed by atoms with E-state index in [9.17, 15) is 9.59 Å². The Morgan fingerprint density at radius 1 is 1.05 bits per heavy atom. The van der Waals surface area contributed by atoms with Crippen LogP contribution in [0.1, 0.15) is 25.8 Å². The molecule has 0 aromatic heterocycles. The van der Waals surface area contributed by atoms with Crippen molar-refractivity contribution >= 4 is 17.5 Å². The summed E-state index contributed by atoms with van der Waals surface area (Å²) in [6.45, 7) is 8.43. The highest BCUT2D eigenvalue weighted by Gasteiger charge is 2.21. The van der Waals surface area contributed by atoms with E-state index in [0.29, 0.717) is 13.1 Å². The van der Waals surface area contributed by atoms with Crippen LogP contribution in [0.25, 0.3) is 0 Å². The lowest BCUT2D eigenvalue weighted by molar-refractivity contribution is -0.136. The van der Waals surface area contributed by atoms with E-state index >= 15 is 0 Å². The summed E-state index contributed by atoms with van der Waals surface area (Å²) < 4.78 is 0. The monoisotopic (exact) mass is 303 g/mol. The highest BCUT2D eigenvalue weighted by atomic mass is 16.2. The van der Waals surface area contributed by atoms with E-state index < -0.39 is 0 Å². The van der Waals surface area contributed by atoms with Crippen molar-refractivity contribution in [3.05, 3.63) is 29.8 Å². The van der Waals surface area contributed by atoms with Gasteiger partial charge < -0.3 is 15.1 Å². The topological polar surface area (TPSA) is 52.7 Å². The number of nitrogens with one attached hydrogen (secondary N) is 1. The van der Waals surface area contributed by atoms with E-state index in [4.69, 9.17) is 0 Å². The number of carbonyl (C=O) groups is 2. The molecule has 1 aliphatic heterocycles. The Morgan fingerprint density at radius 2 is 1.68 bits per heavy atom. The zero-order valence-corrected chi connectivity index (χ0v) is 13.5. The molecule has 0 aliphatic carbocycles. The van der Waals surface area contributed by atoms with Crippen LogP contribution in [0, 0.1) is 0 Å². The number of nitrogens with zero attached hydrogens (tertiary/aromatic N) is 2. The van der Waals surface area contributed by atoms with Crippen molar-refractivity contribution in [1.82, 2.24) is 9.80 Å². The number of hydrogen-bond acceptors (Lipinski definition) is 3. The van der Waals surface area contributed by atoms with Crippen LogP contribution in [0.3, 0.4) is 0 Å². The van der Waals surface area contributed by atoms with E-state index in [-0.39, 0.29) is 18.2 Å². The fraction of sp³-hybridized carbons (Fsp3) is 0.529. The first-order valence-electron chi connectivity index (χ1n) is 8.01. The zero-order valence-electron chi connectivity index (χ0n) is 13.5. The van der Waals surface area contributed by atoms with E-state index in [0.717, 1.165) is 31.7 Å². The molecule has 1 aromatic carbocycles. The third-order valence-corrected chi connectivity index (χ3v) is 4.13. The minimum Gasteiger partial charge on any atom is -0.340 e. The van der Waals surface area contributed by atoms with Crippen LogP contribution in [0.4, 0.5) is 5.69 Å². The number of benzene rings is 1. The summed E-state index contributed by atoms with van der Waals surface area (Å²) >= 11 is 0. The van der Waals surface area contributed by atoms with Gasteiger partial charge in [-0.1, -0.05) is 26.0 Å². The molecule has 2 amide bonds. The molecule has 0 atom stereocenters. The molecule has 1 saturated heterocycles. The molecule has 5 nitrogen and oxygen atoms in total. The quantitative estimate of drug-likeness (QED) is 0.843. The number of carbonyl (C=O) groups excluding carboxylic acids is 2. The van der Waals surface area contributed by atoms with Crippen molar-refractivity contribution in [2.75, 3.05) is 38.0 Å². The zero-order chi connectivity index (χ0) is 15.9. The van der Waals surface area contributed by atoms with Crippen molar-refractivity contribution in [3.63, 3.8) is 0 Å². The summed E-state index contributed by atoms with van der Waals surface area (Å²) in [5.41, 5.74) is 1.97. The molecule has 1 aliphatic rings. The van der Waals surface area contributed by atoms with Crippen LogP contribution in [0.2, 0.25) is 0 Å². The van der Waals surface area contributed by atoms with Gasteiger partial charge >= 0.3 is 0 Å². The molecule has 5 heteroatoms. The lowest BCUT2D eigenvalue weighted by Gasteiger charge is -2.33. The van der Waals surface area contributed by atoms with Gasteiger partial charge in [0.15, 0.2) is 0 Å². The van der Waals surface area contributed by atoms with E-state index in [2.05, 4.69) is 24.1 Å². The first kappa shape index (κ1) is 16.5. The predicted octanol–water partition coefficient (Wildman–Crippen LogP) is 1.74. The molecule has 0 saturated carbocycles. The number of rotatable bonds is 5. The summed E-state index contributed by atoms with van der Waals surface area (Å²) in [7, 11) is 0. The summed E-state index contributed by atoms with van der Waals surface area (Å²) in [5, 5.41) is 2.79. The third-order valence-electron chi connectivity index (χ3n) is 4.13. The van der Waals surface area contributed by atoms with Crippen molar-refractivity contribution in [1.29, 1.82) is 0 Å². The fourth-order valence-corrected chi connectivity index (χ4v) is 2.59. The van der Waals surface area contributed by atoms with Crippen molar-refractivity contribution < 1.29 is 9.59 Å². The van der Waals surface area contributed by atoms with Crippen molar-refractivity contribution in [2.45, 2.75) is 26.7 Å². The second kappa shape index (κ2) is 7.94. The minimum atomic E-state index is -0.243. The average Bonchev–Trinajstić information content (AvgIpc) is 2.55. The maximum Gasteiger partial charge on any atom is 0.233 e. The molecule has 0 unspecified atom stereocenters. The first-order chi connectivity index (χ1) is 10.6. The normalized spacial score (nSPS) is 15.6. The van der Waals surface area contributed by atoms with Crippen LogP contribution in [-0.2, 0) is 16.0 Å². The van der Waals surface area contributed by atoms with E-state index in [1.807, 2.05) is 24.3 Å². The van der Waals surface area contributed by atoms with Gasteiger partial charge in [0.2, 0.25) is 11.8 Å². The lowest BCUT2D eigenvalue weighted by atomic mass is 10.1. The van der Waals surface area contributed by atoms with Gasteiger partial charge in [0.25, 0.3) is 0 Å².